The zero-order valence-corrected chi connectivity index (χ0v) is 6.53. The summed E-state index contributed by atoms with van der Waals surface area (Å²) < 4.78 is 0. The highest BCUT2D eigenvalue weighted by Crippen LogP contribution is 2.17. The molecule has 0 aromatic heterocycles. The fourth-order valence-electron chi connectivity index (χ4n) is 1.34. The van der Waals surface area contributed by atoms with Gasteiger partial charge in [-0.2, -0.15) is 0 Å². The number of ketones is 1. The average Bonchev–Trinajstić information content (AvgIpc) is 2.12. The Balaban J connectivity index is 2.59. The van der Waals surface area contributed by atoms with Crippen LogP contribution in [0, 0.1) is 0 Å². The number of fused-ring (bicyclic) bond motifs is 1. The molecule has 2 N–H and O–H groups in total. The highest BCUT2D eigenvalue weighted by atomic mass is 16.1. The Labute approximate surface area is 70.7 Å². The third kappa shape index (κ3) is 0.970. The number of nitrogens with two attached hydrogens (primary N) is 1. The van der Waals surface area contributed by atoms with Gasteiger partial charge in [0.15, 0.2) is 5.78 Å². The van der Waals surface area contributed by atoms with Gasteiger partial charge in [-0.25, -0.2) is 0 Å². The van der Waals surface area contributed by atoms with E-state index in [-0.39, 0.29) is 5.78 Å². The van der Waals surface area contributed by atoms with Gasteiger partial charge in [0.05, 0.1) is 6.04 Å². The Morgan fingerprint density at radius 2 is 2.00 bits per heavy atom. The van der Waals surface area contributed by atoms with Crippen LogP contribution in [0.5, 0.6) is 0 Å². The molecule has 12 heavy (non-hydrogen) atoms. The molecule has 1 aliphatic rings. The van der Waals surface area contributed by atoms with Crippen LogP contribution in [0.2, 0.25) is 0 Å². The molecule has 1 atom stereocenters. The normalized spacial score (nSPS) is 20.8. The zero-order valence-electron chi connectivity index (χ0n) is 6.53. The summed E-state index contributed by atoms with van der Waals surface area (Å²) in [6.45, 7) is 0. The standard InChI is InChI=1S/C10H9NO/c11-9-6-5-7-3-1-2-4-8(7)10(9)12/h1-6,9H,11H2. The monoisotopic (exact) mass is 159 g/mol. The number of carbonyl (C=O) groups excluding carboxylic acids is 1. The molecule has 0 bridgehead atoms. The van der Waals surface area contributed by atoms with E-state index < -0.39 is 6.04 Å². The Morgan fingerprint density at radius 1 is 1.25 bits per heavy atom. The van der Waals surface area contributed by atoms with Crippen molar-refractivity contribution in [3.63, 3.8) is 0 Å². The Kier molecular flexibility index (Phi) is 1.55. The van der Waals surface area contributed by atoms with Gasteiger partial charge in [0.2, 0.25) is 0 Å². The molecule has 2 heteroatoms. The maximum absolute atomic E-state index is 11.4. The molecule has 1 aliphatic carbocycles. The van der Waals surface area contributed by atoms with E-state index in [2.05, 4.69) is 0 Å². The zero-order chi connectivity index (χ0) is 8.55. The molecule has 0 radical (unpaired) electrons. The molecule has 2 nitrogen and oxygen atoms in total. The van der Waals surface area contributed by atoms with Crippen LogP contribution in [0.3, 0.4) is 0 Å². The van der Waals surface area contributed by atoms with E-state index in [1.54, 1.807) is 12.1 Å². The second-order valence-electron chi connectivity index (χ2n) is 2.84. The van der Waals surface area contributed by atoms with Gasteiger partial charge in [0, 0.05) is 5.56 Å². The average molecular weight is 159 g/mol. The lowest BCUT2D eigenvalue weighted by molar-refractivity contribution is 0.0976. The largest absolute Gasteiger partial charge is 0.318 e. The lowest BCUT2D eigenvalue weighted by Crippen LogP contribution is -2.30. The van der Waals surface area contributed by atoms with Crippen molar-refractivity contribution in [2.24, 2.45) is 5.73 Å². The SMILES string of the molecule is NC1C=Cc2ccccc2C1=O. The van der Waals surface area contributed by atoms with Crippen LogP contribution in [0.25, 0.3) is 6.08 Å². The van der Waals surface area contributed by atoms with E-state index in [1.807, 2.05) is 24.3 Å². The predicted molar refractivity (Wildman–Crippen MR) is 47.8 cm³/mol. The predicted octanol–water partition coefficient (Wildman–Crippen LogP) is 1.22. The minimum Gasteiger partial charge on any atom is -0.318 e. The molecule has 0 spiro atoms. The minimum atomic E-state index is -0.458. The number of rotatable bonds is 0. The van der Waals surface area contributed by atoms with Crippen molar-refractivity contribution >= 4 is 11.9 Å². The molecule has 1 aromatic carbocycles. The maximum atomic E-state index is 11.4. The van der Waals surface area contributed by atoms with Crippen LogP contribution in [0.4, 0.5) is 0 Å². The smallest absolute Gasteiger partial charge is 0.184 e. The van der Waals surface area contributed by atoms with Gasteiger partial charge in [-0.3, -0.25) is 4.79 Å². The first-order valence-electron chi connectivity index (χ1n) is 3.86. The van der Waals surface area contributed by atoms with E-state index in [4.69, 9.17) is 5.73 Å². The summed E-state index contributed by atoms with van der Waals surface area (Å²) in [7, 11) is 0. The van der Waals surface area contributed by atoms with Crippen LogP contribution < -0.4 is 5.73 Å². The molecule has 2 rings (SSSR count). The first kappa shape index (κ1) is 7.25. The van der Waals surface area contributed by atoms with E-state index in [0.29, 0.717) is 0 Å². The Bertz CT molecular complexity index is 355. The topological polar surface area (TPSA) is 43.1 Å². The molecule has 0 heterocycles. The van der Waals surface area contributed by atoms with Gasteiger partial charge < -0.3 is 5.73 Å². The first-order valence-corrected chi connectivity index (χ1v) is 3.86. The van der Waals surface area contributed by atoms with Crippen molar-refractivity contribution in [2.45, 2.75) is 6.04 Å². The molecule has 0 amide bonds. The maximum Gasteiger partial charge on any atom is 0.184 e. The molecular formula is C10H9NO. The highest BCUT2D eigenvalue weighted by Gasteiger charge is 2.18. The molecule has 0 aliphatic heterocycles. The summed E-state index contributed by atoms with van der Waals surface area (Å²) in [5, 5.41) is 0. The Morgan fingerprint density at radius 3 is 2.83 bits per heavy atom. The molecule has 1 aromatic rings. The fraction of sp³-hybridized carbons (Fsp3) is 0.100. The highest BCUT2D eigenvalue weighted by molar-refractivity contribution is 6.06. The molecule has 0 saturated carbocycles. The molecule has 1 unspecified atom stereocenters. The molecule has 0 fully saturated rings. The molecular weight excluding hydrogens is 150 g/mol. The van der Waals surface area contributed by atoms with Crippen molar-refractivity contribution in [3.05, 3.63) is 41.5 Å². The van der Waals surface area contributed by atoms with E-state index >= 15 is 0 Å². The third-order valence-corrected chi connectivity index (χ3v) is 2.01. The van der Waals surface area contributed by atoms with Gasteiger partial charge in [0.1, 0.15) is 0 Å². The van der Waals surface area contributed by atoms with E-state index in [9.17, 15) is 4.79 Å². The first-order chi connectivity index (χ1) is 5.79. The Hall–Kier alpha value is -1.41. The number of hydrogen-bond acceptors (Lipinski definition) is 2. The summed E-state index contributed by atoms with van der Waals surface area (Å²) in [5.74, 6) is 0.00750. The minimum absolute atomic E-state index is 0.00750. The van der Waals surface area contributed by atoms with Gasteiger partial charge in [-0.1, -0.05) is 36.4 Å². The lowest BCUT2D eigenvalue weighted by Gasteiger charge is -2.13. The van der Waals surface area contributed by atoms with Crippen LogP contribution >= 0.6 is 0 Å². The van der Waals surface area contributed by atoms with Gasteiger partial charge >= 0.3 is 0 Å². The quantitative estimate of drug-likeness (QED) is 0.618. The van der Waals surface area contributed by atoms with E-state index in [0.717, 1.165) is 11.1 Å². The number of benzene rings is 1. The number of Topliss-reactive ketones (excluding diaryl/α,β-unsaturated/α-hetero) is 1. The van der Waals surface area contributed by atoms with Gasteiger partial charge in [0.25, 0.3) is 0 Å². The number of carbonyl (C=O) groups is 1. The van der Waals surface area contributed by atoms with Crippen LogP contribution in [-0.2, 0) is 0 Å². The van der Waals surface area contributed by atoms with E-state index in [1.165, 1.54) is 0 Å². The summed E-state index contributed by atoms with van der Waals surface area (Å²) in [4.78, 5) is 11.4. The number of hydrogen-bond donors (Lipinski definition) is 1. The van der Waals surface area contributed by atoms with Crippen LogP contribution in [-0.4, -0.2) is 11.8 Å². The second-order valence-corrected chi connectivity index (χ2v) is 2.84. The summed E-state index contributed by atoms with van der Waals surface area (Å²) in [5.41, 5.74) is 7.25. The third-order valence-electron chi connectivity index (χ3n) is 2.01. The van der Waals surface area contributed by atoms with Crippen LogP contribution in [0.15, 0.2) is 30.3 Å². The van der Waals surface area contributed by atoms with Crippen LogP contribution in [0.1, 0.15) is 15.9 Å². The van der Waals surface area contributed by atoms with Crippen molar-refractivity contribution in [1.82, 2.24) is 0 Å². The van der Waals surface area contributed by atoms with Gasteiger partial charge in [-0.15, -0.1) is 0 Å². The van der Waals surface area contributed by atoms with Crippen molar-refractivity contribution in [1.29, 1.82) is 0 Å². The van der Waals surface area contributed by atoms with Gasteiger partial charge in [-0.05, 0) is 5.56 Å². The van der Waals surface area contributed by atoms with Crippen molar-refractivity contribution in [2.75, 3.05) is 0 Å². The molecule has 60 valence electrons. The van der Waals surface area contributed by atoms with Crippen molar-refractivity contribution < 1.29 is 4.79 Å². The fourth-order valence-corrected chi connectivity index (χ4v) is 1.34. The summed E-state index contributed by atoms with van der Waals surface area (Å²) >= 11 is 0. The second kappa shape index (κ2) is 2.57. The summed E-state index contributed by atoms with van der Waals surface area (Å²) in [6.07, 6.45) is 3.62. The van der Waals surface area contributed by atoms with Crippen molar-refractivity contribution in [3.8, 4) is 0 Å². The summed E-state index contributed by atoms with van der Waals surface area (Å²) in [6, 6.07) is 7.02. The lowest BCUT2D eigenvalue weighted by atomic mass is 9.94. The molecule has 0 saturated heterocycles.